The zero-order chi connectivity index (χ0) is 23.3. The van der Waals surface area contributed by atoms with Gasteiger partial charge in [-0.15, -0.1) is 0 Å². The van der Waals surface area contributed by atoms with Crippen LogP contribution in [0.4, 0.5) is 5.69 Å². The van der Waals surface area contributed by atoms with E-state index in [2.05, 4.69) is 10.4 Å². The van der Waals surface area contributed by atoms with Crippen molar-refractivity contribution < 1.29 is 23.7 Å². The number of nitrogens with one attached hydrogen (secondary N) is 1. The molecule has 2 aromatic carbocycles. The summed E-state index contributed by atoms with van der Waals surface area (Å²) >= 11 is 0. The lowest BCUT2D eigenvalue weighted by atomic mass is 10.1. The van der Waals surface area contributed by atoms with E-state index in [9.17, 15) is 9.59 Å². The van der Waals surface area contributed by atoms with E-state index in [1.54, 1.807) is 44.4 Å². The van der Waals surface area contributed by atoms with E-state index < -0.39 is 17.5 Å². The molecule has 3 rings (SSSR count). The van der Waals surface area contributed by atoms with Crippen molar-refractivity contribution in [2.75, 3.05) is 33.8 Å². The lowest BCUT2D eigenvalue weighted by molar-refractivity contribution is -0.119. The smallest absolute Gasteiger partial charge is 0.267 e. The van der Waals surface area contributed by atoms with Gasteiger partial charge in [0.1, 0.15) is 11.8 Å². The second-order valence-corrected chi connectivity index (χ2v) is 6.81. The Hall–Kier alpha value is -4.01. The highest BCUT2D eigenvalue weighted by Gasteiger charge is 2.20. The fourth-order valence-electron chi connectivity index (χ4n) is 3.13. The number of carbonyl (C=O) groups is 1. The summed E-state index contributed by atoms with van der Waals surface area (Å²) in [5, 5.41) is 7.16. The van der Waals surface area contributed by atoms with Gasteiger partial charge in [0.2, 0.25) is 11.7 Å². The van der Waals surface area contributed by atoms with Gasteiger partial charge in [0.15, 0.2) is 11.5 Å². The highest BCUT2D eigenvalue weighted by molar-refractivity contribution is 5.94. The highest BCUT2D eigenvalue weighted by atomic mass is 16.5. The largest absolute Gasteiger partial charge is 0.497 e. The normalized spacial score (nSPS) is 11.4. The van der Waals surface area contributed by atoms with Crippen LogP contribution in [0, 0.1) is 0 Å². The first-order chi connectivity index (χ1) is 15.4. The van der Waals surface area contributed by atoms with Gasteiger partial charge in [-0.05, 0) is 37.3 Å². The Balaban J connectivity index is 1.88. The molecule has 1 atom stereocenters. The third-order valence-corrected chi connectivity index (χ3v) is 4.89. The molecule has 0 fully saturated rings. The molecule has 32 heavy (non-hydrogen) atoms. The number of ether oxygens (including phenoxy) is 4. The fraction of sp³-hybridized carbons (Fsp3) is 0.261. The minimum atomic E-state index is -0.875. The maximum Gasteiger partial charge on any atom is 0.267 e. The number of hydrogen-bond acceptors (Lipinski definition) is 7. The number of carbonyl (C=O) groups excluding carboxylic acids is 1. The molecule has 1 aromatic heterocycles. The van der Waals surface area contributed by atoms with Gasteiger partial charge in [-0.2, -0.15) is 5.10 Å². The number of nitrogens with zero attached hydrogens (tertiary/aromatic N) is 2. The zero-order valence-corrected chi connectivity index (χ0v) is 18.5. The Morgan fingerprint density at radius 2 is 1.53 bits per heavy atom. The van der Waals surface area contributed by atoms with E-state index >= 15 is 0 Å². The van der Waals surface area contributed by atoms with Gasteiger partial charge in [0.05, 0.1) is 34.1 Å². The molecule has 0 radical (unpaired) electrons. The minimum absolute atomic E-state index is 0.394. The van der Waals surface area contributed by atoms with Crippen LogP contribution in [0.25, 0.3) is 11.3 Å². The molecule has 168 valence electrons. The molecule has 9 nitrogen and oxygen atoms in total. The third kappa shape index (κ3) is 4.66. The highest BCUT2D eigenvalue weighted by Crippen LogP contribution is 2.40. The summed E-state index contributed by atoms with van der Waals surface area (Å²) in [6.07, 6.45) is 0. The first-order valence-corrected chi connectivity index (χ1v) is 9.77. The Morgan fingerprint density at radius 3 is 2.06 bits per heavy atom. The first kappa shape index (κ1) is 22.7. The maximum absolute atomic E-state index is 12.9. The summed E-state index contributed by atoms with van der Waals surface area (Å²) in [6, 6.07) is 12.6. The number of aromatic nitrogens is 2. The van der Waals surface area contributed by atoms with Gasteiger partial charge in [-0.1, -0.05) is 0 Å². The average molecular weight is 439 g/mol. The van der Waals surface area contributed by atoms with Gasteiger partial charge in [-0.3, -0.25) is 9.59 Å². The SMILES string of the molecule is COc1ccc(-c2ccc(=O)n(C(C)C(=O)Nc3cc(OC)c(OC)c(OC)c3)n2)cc1. The number of amides is 1. The van der Waals surface area contributed by atoms with Crippen molar-refractivity contribution in [3.63, 3.8) is 0 Å². The number of hydrogen-bond donors (Lipinski definition) is 1. The van der Waals surface area contributed by atoms with Crippen molar-refractivity contribution in [2.45, 2.75) is 13.0 Å². The van der Waals surface area contributed by atoms with Gasteiger partial charge in [0.25, 0.3) is 5.56 Å². The van der Waals surface area contributed by atoms with Gasteiger partial charge < -0.3 is 24.3 Å². The van der Waals surface area contributed by atoms with E-state index in [4.69, 9.17) is 18.9 Å². The van der Waals surface area contributed by atoms with Crippen LogP contribution in [-0.4, -0.2) is 44.1 Å². The zero-order valence-electron chi connectivity index (χ0n) is 18.5. The minimum Gasteiger partial charge on any atom is -0.497 e. The van der Waals surface area contributed by atoms with E-state index in [0.717, 1.165) is 10.2 Å². The van der Waals surface area contributed by atoms with Crippen LogP contribution in [0.5, 0.6) is 23.0 Å². The molecular weight excluding hydrogens is 414 g/mol. The van der Waals surface area contributed by atoms with Crippen LogP contribution in [-0.2, 0) is 4.79 Å². The Morgan fingerprint density at radius 1 is 0.906 bits per heavy atom. The summed E-state index contributed by atoms with van der Waals surface area (Å²) in [5.74, 6) is 1.48. The Kier molecular flexibility index (Phi) is 6.99. The Labute approximate surface area is 185 Å². The molecule has 1 N–H and O–H groups in total. The van der Waals surface area contributed by atoms with Crippen LogP contribution in [0.15, 0.2) is 53.3 Å². The lowest BCUT2D eigenvalue weighted by Crippen LogP contribution is -2.33. The summed E-state index contributed by atoms with van der Waals surface area (Å²) in [6.45, 7) is 1.60. The predicted octanol–water partition coefficient (Wildman–Crippen LogP) is 3.14. The van der Waals surface area contributed by atoms with Crippen molar-refractivity contribution in [3.8, 4) is 34.3 Å². The monoisotopic (exact) mass is 439 g/mol. The van der Waals surface area contributed by atoms with Crippen molar-refractivity contribution >= 4 is 11.6 Å². The number of anilines is 1. The molecule has 0 aliphatic rings. The van der Waals surface area contributed by atoms with E-state index in [1.807, 2.05) is 12.1 Å². The molecule has 1 heterocycles. The van der Waals surface area contributed by atoms with E-state index in [-0.39, 0.29) is 0 Å². The van der Waals surface area contributed by atoms with Crippen molar-refractivity contribution in [3.05, 3.63) is 58.9 Å². The van der Waals surface area contributed by atoms with Crippen LogP contribution < -0.4 is 29.8 Å². The van der Waals surface area contributed by atoms with Crippen LogP contribution in [0.2, 0.25) is 0 Å². The van der Waals surface area contributed by atoms with Crippen molar-refractivity contribution in [1.29, 1.82) is 0 Å². The van der Waals surface area contributed by atoms with Crippen molar-refractivity contribution in [2.24, 2.45) is 0 Å². The summed E-state index contributed by atoms with van der Waals surface area (Å²) in [5.41, 5.74) is 1.38. The second-order valence-electron chi connectivity index (χ2n) is 6.81. The Bertz CT molecular complexity index is 1130. The lowest BCUT2D eigenvalue weighted by Gasteiger charge is -2.17. The molecule has 0 aliphatic heterocycles. The number of benzene rings is 2. The number of methoxy groups -OCH3 is 4. The molecule has 0 bridgehead atoms. The van der Waals surface area contributed by atoms with Crippen molar-refractivity contribution in [1.82, 2.24) is 9.78 Å². The van der Waals surface area contributed by atoms with Crippen LogP contribution in [0.1, 0.15) is 13.0 Å². The third-order valence-electron chi connectivity index (χ3n) is 4.89. The molecule has 0 spiro atoms. The quantitative estimate of drug-likeness (QED) is 0.575. The average Bonchev–Trinajstić information content (AvgIpc) is 2.83. The van der Waals surface area contributed by atoms with Gasteiger partial charge in [-0.25, -0.2) is 4.68 Å². The molecule has 9 heteroatoms. The first-order valence-electron chi connectivity index (χ1n) is 9.77. The molecule has 0 saturated carbocycles. The standard InChI is InChI=1S/C23H25N3O6/c1-14(23(28)24-16-12-19(30-3)22(32-5)20(13-16)31-4)26-21(27)11-10-18(25-26)15-6-8-17(29-2)9-7-15/h6-14H,1-5H3,(H,24,28). The van der Waals surface area contributed by atoms with E-state index in [0.29, 0.717) is 34.4 Å². The summed E-state index contributed by atoms with van der Waals surface area (Å²) in [4.78, 5) is 25.3. The second kappa shape index (κ2) is 9.86. The topological polar surface area (TPSA) is 101 Å². The maximum atomic E-state index is 12.9. The summed E-state index contributed by atoms with van der Waals surface area (Å²) in [7, 11) is 6.05. The van der Waals surface area contributed by atoms with Gasteiger partial charge in [0, 0.05) is 29.4 Å². The molecule has 1 unspecified atom stereocenters. The number of rotatable bonds is 8. The molecule has 1 amide bonds. The molecular formula is C23H25N3O6. The molecule has 0 saturated heterocycles. The van der Waals surface area contributed by atoms with Crippen LogP contribution >= 0.6 is 0 Å². The van der Waals surface area contributed by atoms with Gasteiger partial charge >= 0.3 is 0 Å². The summed E-state index contributed by atoms with van der Waals surface area (Å²) < 4.78 is 22.2. The molecule has 0 aliphatic carbocycles. The fourth-order valence-corrected chi connectivity index (χ4v) is 3.13. The van der Waals surface area contributed by atoms with Crippen LogP contribution in [0.3, 0.4) is 0 Å². The predicted molar refractivity (Wildman–Crippen MR) is 120 cm³/mol. The molecule has 3 aromatic rings. The van der Waals surface area contributed by atoms with E-state index in [1.165, 1.54) is 27.4 Å².